The highest BCUT2D eigenvalue weighted by atomic mass is 19.4. The fourth-order valence-corrected chi connectivity index (χ4v) is 1.82. The first-order valence-electron chi connectivity index (χ1n) is 7.06. The lowest BCUT2D eigenvalue weighted by Gasteiger charge is -2.15. The number of benzene rings is 1. The molecule has 3 N–H and O–H groups in total. The molecule has 26 heavy (non-hydrogen) atoms. The number of carbonyl (C=O) groups is 2. The molecule has 0 bridgehead atoms. The lowest BCUT2D eigenvalue weighted by molar-refractivity contribution is -0.192. The summed E-state index contributed by atoms with van der Waals surface area (Å²) in [7, 11) is 1.74. The van der Waals surface area contributed by atoms with Crippen LogP contribution in [0.15, 0.2) is 18.2 Å². The van der Waals surface area contributed by atoms with Crippen molar-refractivity contribution in [3.63, 3.8) is 0 Å². The van der Waals surface area contributed by atoms with Crippen molar-refractivity contribution in [1.29, 1.82) is 0 Å². The molecule has 0 aliphatic rings. The third-order valence-corrected chi connectivity index (χ3v) is 3.19. The van der Waals surface area contributed by atoms with Crippen molar-refractivity contribution in [3.8, 4) is 0 Å². The molecule has 9 nitrogen and oxygen atoms in total. The van der Waals surface area contributed by atoms with E-state index in [0.29, 0.717) is 11.5 Å². The summed E-state index contributed by atoms with van der Waals surface area (Å²) in [6, 6.07) is 5.23. The Hall–Kier alpha value is -3.18. The number of anilines is 1. The maximum atomic E-state index is 11.0. The van der Waals surface area contributed by atoms with Gasteiger partial charge in [-0.3, -0.25) is 0 Å². The van der Waals surface area contributed by atoms with E-state index in [4.69, 9.17) is 15.0 Å². The van der Waals surface area contributed by atoms with Crippen LogP contribution in [0, 0.1) is 6.92 Å². The van der Waals surface area contributed by atoms with Gasteiger partial charge in [-0.15, -0.1) is 0 Å². The van der Waals surface area contributed by atoms with Crippen molar-refractivity contribution in [2.45, 2.75) is 26.1 Å². The van der Waals surface area contributed by atoms with E-state index in [1.807, 2.05) is 13.0 Å². The van der Waals surface area contributed by atoms with E-state index in [2.05, 4.69) is 20.8 Å². The van der Waals surface area contributed by atoms with E-state index in [9.17, 15) is 18.0 Å². The Morgan fingerprint density at radius 3 is 2.23 bits per heavy atom. The number of nitrogens with one attached hydrogen (secondary N) is 1. The summed E-state index contributed by atoms with van der Waals surface area (Å²) in [6.07, 6.45) is -5.08. The van der Waals surface area contributed by atoms with Gasteiger partial charge in [0, 0.05) is 7.05 Å². The summed E-state index contributed by atoms with van der Waals surface area (Å²) in [6.45, 7) is 3.74. The molecule has 0 saturated carbocycles. The molecule has 0 amide bonds. The first-order valence-corrected chi connectivity index (χ1v) is 7.06. The van der Waals surface area contributed by atoms with Crippen LogP contribution >= 0.6 is 0 Å². The zero-order valence-corrected chi connectivity index (χ0v) is 13.9. The van der Waals surface area contributed by atoms with E-state index >= 15 is 0 Å². The lowest BCUT2D eigenvalue weighted by atomic mass is 10.0. The number of carboxylic acid groups (broad SMARTS) is 2. The van der Waals surface area contributed by atoms with Crippen molar-refractivity contribution in [2.75, 3.05) is 5.32 Å². The molecular formula is C14H16F3N5O4. The van der Waals surface area contributed by atoms with E-state index in [0.717, 1.165) is 11.1 Å². The summed E-state index contributed by atoms with van der Waals surface area (Å²) < 4.78 is 33.3. The molecule has 1 aromatic carbocycles. The van der Waals surface area contributed by atoms with Crippen LogP contribution in [0.2, 0.25) is 0 Å². The monoisotopic (exact) mass is 375 g/mol. The van der Waals surface area contributed by atoms with Crippen LogP contribution in [-0.4, -0.2) is 48.5 Å². The highest BCUT2D eigenvalue weighted by Crippen LogP contribution is 2.20. The Labute approximate surface area is 145 Å². The fourth-order valence-electron chi connectivity index (χ4n) is 1.82. The topological polar surface area (TPSA) is 130 Å². The third-order valence-electron chi connectivity index (χ3n) is 3.19. The third kappa shape index (κ3) is 5.72. The van der Waals surface area contributed by atoms with Crippen LogP contribution in [0.25, 0.3) is 0 Å². The van der Waals surface area contributed by atoms with E-state index in [-0.39, 0.29) is 6.04 Å². The highest BCUT2D eigenvalue weighted by Gasteiger charge is 2.38. The average molecular weight is 375 g/mol. The summed E-state index contributed by atoms with van der Waals surface area (Å²) >= 11 is 0. The second kappa shape index (κ2) is 8.27. The standard InChI is InChI=1S/C12H15N5O2.C2HF3O2/c1-7-6-9(4-5-10(7)11(18)19)8(2)13-12-14-15-16-17(12)3;3-2(4,5)1(6)7/h4-6,8H,1-3H3,(H,18,19)(H,13,14,16);(H,6,7)/t8-;/m1./s1. The SMILES string of the molecule is Cc1cc([C@@H](C)Nc2nnnn2C)ccc1C(=O)O.O=C(O)C(F)(F)F. The number of aryl methyl sites for hydroxylation is 2. The van der Waals surface area contributed by atoms with Crippen LogP contribution in [0.4, 0.5) is 19.1 Å². The quantitative estimate of drug-likeness (QED) is 0.740. The molecule has 0 spiro atoms. The number of rotatable bonds is 4. The number of carboxylic acids is 2. The van der Waals surface area contributed by atoms with Gasteiger partial charge < -0.3 is 15.5 Å². The molecule has 1 atom stereocenters. The maximum absolute atomic E-state index is 11.0. The zero-order chi connectivity index (χ0) is 20.1. The smallest absolute Gasteiger partial charge is 0.478 e. The van der Waals surface area contributed by atoms with E-state index in [1.54, 1.807) is 26.1 Å². The minimum absolute atomic E-state index is 0.0220. The summed E-state index contributed by atoms with van der Waals surface area (Å²) in [5, 5.41) is 30.4. The average Bonchev–Trinajstić information content (AvgIpc) is 2.91. The molecule has 0 aliphatic carbocycles. The molecule has 2 rings (SSSR count). The molecule has 0 aliphatic heterocycles. The zero-order valence-electron chi connectivity index (χ0n) is 13.9. The number of aromatic nitrogens is 4. The Bertz CT molecular complexity index is 791. The predicted molar refractivity (Wildman–Crippen MR) is 82.7 cm³/mol. The molecule has 0 fully saturated rings. The summed E-state index contributed by atoms with van der Waals surface area (Å²) in [4.78, 5) is 19.9. The lowest BCUT2D eigenvalue weighted by Crippen LogP contribution is -2.21. The van der Waals surface area contributed by atoms with Gasteiger partial charge in [-0.05, 0) is 41.5 Å². The second-order valence-corrected chi connectivity index (χ2v) is 5.17. The van der Waals surface area contributed by atoms with Crippen molar-refractivity contribution in [3.05, 3.63) is 34.9 Å². The first kappa shape index (κ1) is 20.9. The molecule has 1 heterocycles. The Morgan fingerprint density at radius 2 is 1.85 bits per heavy atom. The first-order chi connectivity index (χ1) is 11.9. The van der Waals surface area contributed by atoms with Gasteiger partial charge in [0.1, 0.15) is 0 Å². The second-order valence-electron chi connectivity index (χ2n) is 5.17. The van der Waals surface area contributed by atoms with Crippen LogP contribution in [-0.2, 0) is 11.8 Å². The molecule has 1 aromatic heterocycles. The van der Waals surface area contributed by atoms with Gasteiger partial charge in [0.2, 0.25) is 5.95 Å². The number of halogens is 3. The molecule has 12 heteroatoms. The Kier molecular flexibility index (Phi) is 6.64. The van der Waals surface area contributed by atoms with Gasteiger partial charge in [-0.25, -0.2) is 14.3 Å². The number of hydrogen-bond acceptors (Lipinski definition) is 6. The predicted octanol–water partition coefficient (Wildman–Crippen LogP) is 2.02. The van der Waals surface area contributed by atoms with Crippen molar-refractivity contribution >= 4 is 17.9 Å². The molecule has 2 aromatic rings. The summed E-state index contributed by atoms with van der Waals surface area (Å²) in [5.74, 6) is -3.11. The molecular weight excluding hydrogens is 359 g/mol. The normalized spacial score (nSPS) is 11.9. The van der Waals surface area contributed by atoms with Crippen LogP contribution in [0.1, 0.15) is 34.5 Å². The fraction of sp³-hybridized carbons (Fsp3) is 0.357. The Balaban J connectivity index is 0.000000412. The van der Waals surface area contributed by atoms with Crippen molar-refractivity contribution in [2.24, 2.45) is 7.05 Å². The molecule has 0 radical (unpaired) electrons. The van der Waals surface area contributed by atoms with Crippen LogP contribution in [0.5, 0.6) is 0 Å². The number of aliphatic carboxylic acids is 1. The number of aromatic carboxylic acids is 1. The minimum Gasteiger partial charge on any atom is -0.478 e. The number of nitrogens with zero attached hydrogens (tertiary/aromatic N) is 4. The van der Waals surface area contributed by atoms with E-state index < -0.39 is 18.1 Å². The van der Waals surface area contributed by atoms with Crippen LogP contribution in [0.3, 0.4) is 0 Å². The highest BCUT2D eigenvalue weighted by molar-refractivity contribution is 5.89. The number of alkyl halides is 3. The largest absolute Gasteiger partial charge is 0.490 e. The van der Waals surface area contributed by atoms with Gasteiger partial charge >= 0.3 is 18.1 Å². The number of hydrogen-bond donors (Lipinski definition) is 3. The Morgan fingerprint density at radius 1 is 1.27 bits per heavy atom. The summed E-state index contributed by atoms with van der Waals surface area (Å²) in [5.41, 5.74) is 2.02. The van der Waals surface area contributed by atoms with Gasteiger partial charge in [-0.1, -0.05) is 17.2 Å². The maximum Gasteiger partial charge on any atom is 0.490 e. The van der Waals surface area contributed by atoms with Gasteiger partial charge in [0.15, 0.2) is 0 Å². The van der Waals surface area contributed by atoms with Crippen molar-refractivity contribution in [1.82, 2.24) is 20.2 Å². The van der Waals surface area contributed by atoms with Gasteiger partial charge in [0.25, 0.3) is 0 Å². The molecule has 142 valence electrons. The van der Waals surface area contributed by atoms with Gasteiger partial charge in [0.05, 0.1) is 11.6 Å². The molecule has 0 saturated heterocycles. The van der Waals surface area contributed by atoms with Crippen molar-refractivity contribution < 1.29 is 33.0 Å². The molecule has 0 unspecified atom stereocenters. The van der Waals surface area contributed by atoms with E-state index in [1.165, 1.54) is 4.68 Å². The minimum atomic E-state index is -5.08. The van der Waals surface area contributed by atoms with Gasteiger partial charge in [-0.2, -0.15) is 13.2 Å². The van der Waals surface area contributed by atoms with Crippen LogP contribution < -0.4 is 5.32 Å². The number of tetrazole rings is 1.